The molecule has 2 aromatic rings. The van der Waals surface area contributed by atoms with Crippen LogP contribution in [-0.2, 0) is 11.3 Å². The summed E-state index contributed by atoms with van der Waals surface area (Å²) in [5.41, 5.74) is 0.919. The molecule has 1 N–H and O–H groups in total. The van der Waals surface area contributed by atoms with Crippen molar-refractivity contribution >= 4 is 5.91 Å². The molecule has 0 aromatic heterocycles. The average molecular weight is 315 g/mol. The lowest BCUT2D eigenvalue weighted by molar-refractivity contribution is -0.127. The van der Waals surface area contributed by atoms with Crippen LogP contribution in [0.5, 0.6) is 17.2 Å². The van der Waals surface area contributed by atoms with Crippen molar-refractivity contribution in [2.24, 2.45) is 0 Å². The predicted molar refractivity (Wildman–Crippen MR) is 87.9 cm³/mol. The van der Waals surface area contributed by atoms with Gasteiger partial charge in [0.05, 0.1) is 14.2 Å². The minimum Gasteiger partial charge on any atom is -0.493 e. The van der Waals surface area contributed by atoms with Gasteiger partial charge < -0.3 is 19.5 Å². The molecule has 23 heavy (non-hydrogen) atoms. The molecule has 5 nitrogen and oxygen atoms in total. The van der Waals surface area contributed by atoms with Crippen LogP contribution in [0, 0.1) is 0 Å². The molecule has 2 aromatic carbocycles. The Balaban J connectivity index is 1.91. The van der Waals surface area contributed by atoms with Crippen molar-refractivity contribution in [3.8, 4) is 17.2 Å². The normalized spacial score (nSPS) is 11.4. The van der Waals surface area contributed by atoms with Crippen LogP contribution in [0.3, 0.4) is 0 Å². The summed E-state index contributed by atoms with van der Waals surface area (Å²) < 4.78 is 16.0. The van der Waals surface area contributed by atoms with Crippen LogP contribution in [0.4, 0.5) is 0 Å². The van der Waals surface area contributed by atoms with Crippen LogP contribution in [0.2, 0.25) is 0 Å². The minimum atomic E-state index is -0.572. The average Bonchev–Trinajstić information content (AvgIpc) is 2.60. The quantitative estimate of drug-likeness (QED) is 0.853. The van der Waals surface area contributed by atoms with E-state index in [2.05, 4.69) is 5.32 Å². The Morgan fingerprint density at radius 3 is 2.39 bits per heavy atom. The zero-order chi connectivity index (χ0) is 16.7. The lowest BCUT2D eigenvalue weighted by Gasteiger charge is -2.15. The second kappa shape index (κ2) is 8.08. The van der Waals surface area contributed by atoms with Crippen LogP contribution in [0.15, 0.2) is 48.5 Å². The first-order chi connectivity index (χ1) is 11.1. The number of ether oxygens (including phenoxy) is 3. The van der Waals surface area contributed by atoms with E-state index in [1.165, 1.54) is 0 Å². The van der Waals surface area contributed by atoms with Crippen molar-refractivity contribution in [1.29, 1.82) is 0 Å². The van der Waals surface area contributed by atoms with Crippen molar-refractivity contribution in [2.45, 2.75) is 19.6 Å². The molecule has 0 heterocycles. The Labute approximate surface area is 136 Å². The first kappa shape index (κ1) is 16.7. The molecular formula is C18H21NO4. The Morgan fingerprint density at radius 2 is 1.74 bits per heavy atom. The van der Waals surface area contributed by atoms with Gasteiger partial charge in [-0.15, -0.1) is 0 Å². The zero-order valence-electron chi connectivity index (χ0n) is 13.5. The summed E-state index contributed by atoms with van der Waals surface area (Å²) in [5.74, 6) is 1.78. The van der Waals surface area contributed by atoms with E-state index in [4.69, 9.17) is 14.2 Å². The van der Waals surface area contributed by atoms with Gasteiger partial charge >= 0.3 is 0 Å². The number of amides is 1. The number of carbonyl (C=O) groups is 1. The molecule has 2 rings (SSSR count). The molecule has 0 fully saturated rings. The largest absolute Gasteiger partial charge is 0.493 e. The molecule has 0 bridgehead atoms. The van der Waals surface area contributed by atoms with Crippen molar-refractivity contribution < 1.29 is 19.0 Å². The maximum atomic E-state index is 12.1. The maximum Gasteiger partial charge on any atom is 0.261 e. The minimum absolute atomic E-state index is 0.177. The summed E-state index contributed by atoms with van der Waals surface area (Å²) in [7, 11) is 3.16. The summed E-state index contributed by atoms with van der Waals surface area (Å²) in [6.45, 7) is 2.11. The number of hydrogen-bond donors (Lipinski definition) is 1. The maximum absolute atomic E-state index is 12.1. The van der Waals surface area contributed by atoms with Crippen molar-refractivity contribution in [1.82, 2.24) is 5.32 Å². The molecule has 0 saturated carbocycles. The van der Waals surface area contributed by atoms with E-state index in [1.54, 1.807) is 21.1 Å². The van der Waals surface area contributed by atoms with Crippen LogP contribution < -0.4 is 19.5 Å². The first-order valence-electron chi connectivity index (χ1n) is 7.34. The van der Waals surface area contributed by atoms with Crippen LogP contribution in [0.1, 0.15) is 12.5 Å². The fraction of sp³-hybridized carbons (Fsp3) is 0.278. The molecule has 5 heteroatoms. The van der Waals surface area contributed by atoms with Gasteiger partial charge in [-0.25, -0.2) is 0 Å². The Hall–Kier alpha value is -2.69. The zero-order valence-corrected chi connectivity index (χ0v) is 13.5. The molecular weight excluding hydrogens is 294 g/mol. The van der Waals surface area contributed by atoms with E-state index in [-0.39, 0.29) is 5.91 Å². The lowest BCUT2D eigenvalue weighted by Crippen LogP contribution is -2.35. The molecule has 0 spiro atoms. The molecule has 0 aliphatic rings. The van der Waals surface area contributed by atoms with Gasteiger partial charge in [0.2, 0.25) is 0 Å². The van der Waals surface area contributed by atoms with Crippen molar-refractivity contribution in [2.75, 3.05) is 14.2 Å². The molecule has 0 unspecified atom stereocenters. The van der Waals surface area contributed by atoms with Gasteiger partial charge in [-0.3, -0.25) is 4.79 Å². The molecule has 0 aliphatic heterocycles. The van der Waals surface area contributed by atoms with E-state index in [0.29, 0.717) is 23.8 Å². The van der Waals surface area contributed by atoms with Crippen LogP contribution in [-0.4, -0.2) is 26.2 Å². The second-order valence-corrected chi connectivity index (χ2v) is 4.98. The highest BCUT2D eigenvalue weighted by Crippen LogP contribution is 2.27. The van der Waals surface area contributed by atoms with Gasteiger partial charge in [-0.2, -0.15) is 0 Å². The Bertz CT molecular complexity index is 643. The van der Waals surface area contributed by atoms with Crippen LogP contribution >= 0.6 is 0 Å². The van der Waals surface area contributed by atoms with Gasteiger partial charge in [-0.1, -0.05) is 24.3 Å². The van der Waals surface area contributed by atoms with Crippen molar-refractivity contribution in [3.05, 3.63) is 54.1 Å². The van der Waals surface area contributed by atoms with Crippen molar-refractivity contribution in [3.63, 3.8) is 0 Å². The van der Waals surface area contributed by atoms with E-state index >= 15 is 0 Å². The van der Waals surface area contributed by atoms with E-state index in [1.807, 2.05) is 48.5 Å². The first-order valence-corrected chi connectivity index (χ1v) is 7.34. The van der Waals surface area contributed by atoms with Gasteiger partial charge in [0, 0.05) is 6.54 Å². The third kappa shape index (κ3) is 4.64. The van der Waals surface area contributed by atoms with Gasteiger partial charge in [0.15, 0.2) is 17.6 Å². The fourth-order valence-electron chi connectivity index (χ4n) is 2.08. The van der Waals surface area contributed by atoms with Crippen LogP contribution in [0.25, 0.3) is 0 Å². The third-order valence-electron chi connectivity index (χ3n) is 3.34. The summed E-state index contributed by atoms with van der Waals surface area (Å²) in [6.07, 6.45) is -0.572. The summed E-state index contributed by atoms with van der Waals surface area (Å²) in [6, 6.07) is 14.8. The number of carbonyl (C=O) groups excluding carboxylic acids is 1. The molecule has 0 saturated heterocycles. The van der Waals surface area contributed by atoms with E-state index < -0.39 is 6.10 Å². The molecule has 1 atom stereocenters. The standard InChI is InChI=1S/C18H21NO4/c1-13(23-15-7-5-4-6-8-15)18(20)19-12-14-9-10-16(21-2)17(11-14)22-3/h4-11,13H,12H2,1-3H3,(H,19,20)/t13-/m0/s1. The summed E-state index contributed by atoms with van der Waals surface area (Å²) >= 11 is 0. The number of benzene rings is 2. The number of hydrogen-bond acceptors (Lipinski definition) is 4. The number of para-hydroxylation sites is 1. The molecule has 122 valence electrons. The SMILES string of the molecule is COc1ccc(CNC(=O)[C@H](C)Oc2ccccc2)cc1OC. The highest BCUT2D eigenvalue weighted by atomic mass is 16.5. The molecule has 0 radical (unpaired) electrons. The third-order valence-corrected chi connectivity index (χ3v) is 3.34. The monoisotopic (exact) mass is 315 g/mol. The lowest BCUT2D eigenvalue weighted by atomic mass is 10.2. The highest BCUT2D eigenvalue weighted by Gasteiger charge is 2.14. The Kier molecular flexibility index (Phi) is 5.86. The number of nitrogens with one attached hydrogen (secondary N) is 1. The van der Waals surface area contributed by atoms with Gasteiger partial charge in [0.1, 0.15) is 5.75 Å². The van der Waals surface area contributed by atoms with Gasteiger partial charge in [-0.05, 0) is 36.8 Å². The fourth-order valence-corrected chi connectivity index (χ4v) is 2.08. The number of methoxy groups -OCH3 is 2. The predicted octanol–water partition coefficient (Wildman–Crippen LogP) is 2.79. The smallest absolute Gasteiger partial charge is 0.261 e. The summed E-state index contributed by atoms with van der Waals surface area (Å²) in [5, 5.41) is 2.85. The Morgan fingerprint density at radius 1 is 1.04 bits per heavy atom. The highest BCUT2D eigenvalue weighted by molar-refractivity contribution is 5.80. The van der Waals surface area contributed by atoms with E-state index in [9.17, 15) is 4.79 Å². The number of rotatable bonds is 7. The second-order valence-electron chi connectivity index (χ2n) is 4.98. The molecule has 1 amide bonds. The van der Waals surface area contributed by atoms with Gasteiger partial charge in [0.25, 0.3) is 5.91 Å². The van der Waals surface area contributed by atoms with E-state index in [0.717, 1.165) is 5.56 Å². The molecule has 0 aliphatic carbocycles. The topological polar surface area (TPSA) is 56.8 Å². The summed E-state index contributed by atoms with van der Waals surface area (Å²) in [4.78, 5) is 12.1.